The van der Waals surface area contributed by atoms with E-state index in [1.807, 2.05) is 5.32 Å². The summed E-state index contributed by atoms with van der Waals surface area (Å²) in [6.07, 6.45) is 1.45. The van der Waals surface area contributed by atoms with Gasteiger partial charge in [0.05, 0.1) is 0 Å². The van der Waals surface area contributed by atoms with Gasteiger partial charge in [-0.25, -0.2) is 4.79 Å². The Balaban J connectivity index is 2.54. The zero-order chi connectivity index (χ0) is 7.56. The number of hydrogen-bond donors (Lipinski definition) is 2. The van der Waals surface area contributed by atoms with Crippen LogP contribution in [-0.2, 0) is 9.59 Å². The fourth-order valence-electron chi connectivity index (χ4n) is 0.686. The Kier molecular flexibility index (Phi) is 1.66. The predicted molar refractivity (Wildman–Crippen MR) is 30.8 cm³/mol. The lowest BCUT2D eigenvalue weighted by Gasteiger charge is -1.97. The van der Waals surface area contributed by atoms with Gasteiger partial charge in [0.2, 0.25) is 6.29 Å². The highest BCUT2D eigenvalue weighted by Crippen LogP contribution is 1.94. The van der Waals surface area contributed by atoms with E-state index < -0.39 is 18.0 Å². The fourth-order valence-corrected chi connectivity index (χ4v) is 0.686. The van der Waals surface area contributed by atoms with Crippen LogP contribution in [0.5, 0.6) is 0 Å². The molecule has 0 aromatic rings. The van der Waals surface area contributed by atoms with Crippen molar-refractivity contribution in [3.8, 4) is 0 Å². The molecular weight excluding hydrogens is 136 g/mol. The molecule has 53 valence electrons. The van der Waals surface area contributed by atoms with E-state index in [0.29, 0.717) is 0 Å². The van der Waals surface area contributed by atoms with Gasteiger partial charge < -0.3 is 5.32 Å². The molecule has 5 nitrogen and oxygen atoms in total. The quantitative estimate of drug-likeness (QED) is 0.469. The van der Waals surface area contributed by atoms with Crippen LogP contribution in [-0.4, -0.2) is 24.3 Å². The third kappa shape index (κ3) is 1.12. The molecule has 0 aromatic carbocycles. The Hall–Kier alpha value is -1.39. The third-order valence-electron chi connectivity index (χ3n) is 1.15. The Labute approximate surface area is 56.8 Å². The van der Waals surface area contributed by atoms with Gasteiger partial charge in [0.15, 0.2) is 0 Å². The summed E-state index contributed by atoms with van der Waals surface area (Å²) < 4.78 is 0. The Morgan fingerprint density at radius 1 is 1.50 bits per heavy atom. The second-order valence-electron chi connectivity index (χ2n) is 1.86. The summed E-state index contributed by atoms with van der Waals surface area (Å²) in [5.74, 6) is -0.464. The SMILES string of the molecule is O=[C]CC1NC(=O)NC1=O. The first-order chi connectivity index (χ1) is 4.74. The zero-order valence-electron chi connectivity index (χ0n) is 5.01. The number of hydrogen-bond acceptors (Lipinski definition) is 3. The van der Waals surface area contributed by atoms with Gasteiger partial charge in [0.1, 0.15) is 6.04 Å². The van der Waals surface area contributed by atoms with Crippen molar-refractivity contribution in [1.29, 1.82) is 0 Å². The molecule has 3 amide bonds. The average Bonchev–Trinajstić information content (AvgIpc) is 2.13. The summed E-state index contributed by atoms with van der Waals surface area (Å²) in [5, 5.41) is 4.23. The molecule has 1 aliphatic heterocycles. The lowest BCUT2D eigenvalue weighted by atomic mass is 10.2. The van der Waals surface area contributed by atoms with E-state index in [4.69, 9.17) is 0 Å². The number of urea groups is 1. The van der Waals surface area contributed by atoms with E-state index in [9.17, 15) is 14.4 Å². The lowest BCUT2D eigenvalue weighted by Crippen LogP contribution is -2.28. The maximum Gasteiger partial charge on any atom is 0.322 e. The number of amides is 3. The molecule has 0 bridgehead atoms. The smallest absolute Gasteiger partial charge is 0.322 e. The van der Waals surface area contributed by atoms with Gasteiger partial charge in [-0.3, -0.25) is 14.9 Å². The molecule has 1 atom stereocenters. The normalized spacial score (nSPS) is 23.8. The molecule has 1 radical (unpaired) electrons. The number of carbonyl (C=O) groups excluding carboxylic acids is 3. The summed E-state index contributed by atoms with van der Waals surface area (Å²) in [7, 11) is 0. The van der Waals surface area contributed by atoms with Crippen LogP contribution < -0.4 is 10.6 Å². The van der Waals surface area contributed by atoms with Crippen LogP contribution in [0.2, 0.25) is 0 Å². The van der Waals surface area contributed by atoms with Gasteiger partial charge in [-0.1, -0.05) is 0 Å². The second-order valence-corrected chi connectivity index (χ2v) is 1.86. The van der Waals surface area contributed by atoms with Gasteiger partial charge in [-0.05, 0) is 0 Å². The number of imide groups is 1. The van der Waals surface area contributed by atoms with Gasteiger partial charge in [0.25, 0.3) is 5.91 Å². The lowest BCUT2D eigenvalue weighted by molar-refractivity contribution is -0.120. The van der Waals surface area contributed by atoms with Crippen LogP contribution in [0.4, 0.5) is 4.79 Å². The second kappa shape index (κ2) is 2.47. The third-order valence-corrected chi connectivity index (χ3v) is 1.15. The molecule has 1 unspecified atom stereocenters. The monoisotopic (exact) mass is 141 g/mol. The summed E-state index contributed by atoms with van der Waals surface area (Å²) in [5.41, 5.74) is 0. The summed E-state index contributed by atoms with van der Waals surface area (Å²) >= 11 is 0. The first-order valence-electron chi connectivity index (χ1n) is 2.70. The summed E-state index contributed by atoms with van der Waals surface area (Å²) in [6, 6.07) is -1.27. The first kappa shape index (κ1) is 6.73. The van der Waals surface area contributed by atoms with Gasteiger partial charge in [-0.15, -0.1) is 0 Å². The van der Waals surface area contributed by atoms with Gasteiger partial charge in [0, 0.05) is 6.42 Å². The zero-order valence-corrected chi connectivity index (χ0v) is 5.01. The minimum Gasteiger partial charge on any atom is -0.326 e. The van der Waals surface area contributed by atoms with Crippen molar-refractivity contribution in [2.24, 2.45) is 0 Å². The maximum atomic E-state index is 10.6. The van der Waals surface area contributed by atoms with Crippen molar-refractivity contribution in [3.63, 3.8) is 0 Å². The highest BCUT2D eigenvalue weighted by Gasteiger charge is 2.28. The van der Waals surface area contributed by atoms with Crippen LogP contribution in [0.1, 0.15) is 6.42 Å². The first-order valence-corrected chi connectivity index (χ1v) is 2.70. The van der Waals surface area contributed by atoms with E-state index in [2.05, 4.69) is 5.32 Å². The average molecular weight is 141 g/mol. The number of carbonyl (C=O) groups is 2. The Bertz CT molecular complexity index is 189. The van der Waals surface area contributed by atoms with Crippen LogP contribution in [0.15, 0.2) is 0 Å². The van der Waals surface area contributed by atoms with Gasteiger partial charge >= 0.3 is 6.03 Å². The molecular formula is C5H5N2O3. The summed E-state index contributed by atoms with van der Waals surface area (Å²) in [6.45, 7) is 0. The van der Waals surface area contributed by atoms with Crippen LogP contribution in [0, 0.1) is 0 Å². The predicted octanol–water partition coefficient (Wildman–Crippen LogP) is -1.31. The molecule has 2 N–H and O–H groups in total. The molecule has 1 rings (SSSR count). The van der Waals surface area contributed by atoms with E-state index >= 15 is 0 Å². The molecule has 1 fully saturated rings. The van der Waals surface area contributed by atoms with E-state index in [1.54, 1.807) is 0 Å². The summed E-state index contributed by atoms with van der Waals surface area (Å²) in [4.78, 5) is 30.7. The molecule has 5 heteroatoms. The van der Waals surface area contributed by atoms with Crippen molar-refractivity contribution in [1.82, 2.24) is 10.6 Å². The van der Waals surface area contributed by atoms with Gasteiger partial charge in [-0.2, -0.15) is 0 Å². The largest absolute Gasteiger partial charge is 0.326 e. The fraction of sp³-hybridized carbons (Fsp3) is 0.400. The highest BCUT2D eigenvalue weighted by atomic mass is 16.2. The van der Waals surface area contributed by atoms with E-state index in [0.717, 1.165) is 0 Å². The standard InChI is InChI=1S/C5H5N2O3/c8-2-1-3-4(9)7-5(10)6-3/h3H,1H2,(H2,6,7,9,10). The minimum absolute atomic E-state index is 0.0857. The Morgan fingerprint density at radius 3 is 2.60 bits per heavy atom. The highest BCUT2D eigenvalue weighted by molar-refractivity contribution is 6.04. The number of rotatable bonds is 2. The van der Waals surface area contributed by atoms with E-state index in [1.165, 1.54) is 6.29 Å². The molecule has 0 aromatic heterocycles. The number of nitrogens with one attached hydrogen (secondary N) is 2. The van der Waals surface area contributed by atoms with Crippen molar-refractivity contribution in [2.45, 2.75) is 12.5 Å². The van der Waals surface area contributed by atoms with Crippen molar-refractivity contribution in [2.75, 3.05) is 0 Å². The molecule has 1 aliphatic rings. The van der Waals surface area contributed by atoms with E-state index in [-0.39, 0.29) is 6.42 Å². The molecule has 0 aliphatic carbocycles. The molecule has 10 heavy (non-hydrogen) atoms. The van der Waals surface area contributed by atoms with Crippen LogP contribution in [0.25, 0.3) is 0 Å². The van der Waals surface area contributed by atoms with Crippen LogP contribution >= 0.6 is 0 Å². The molecule has 1 heterocycles. The topological polar surface area (TPSA) is 75.3 Å². The Morgan fingerprint density at radius 2 is 2.20 bits per heavy atom. The van der Waals surface area contributed by atoms with Crippen LogP contribution in [0.3, 0.4) is 0 Å². The maximum absolute atomic E-state index is 10.6. The molecule has 0 saturated carbocycles. The van der Waals surface area contributed by atoms with Crippen molar-refractivity contribution in [3.05, 3.63) is 0 Å². The molecule has 0 spiro atoms. The van der Waals surface area contributed by atoms with Crippen molar-refractivity contribution < 1.29 is 14.4 Å². The minimum atomic E-state index is -0.718. The van der Waals surface area contributed by atoms with Crippen molar-refractivity contribution >= 4 is 18.2 Å². The molecule has 1 saturated heterocycles.